The van der Waals surface area contributed by atoms with Gasteiger partial charge in [-0.25, -0.2) is 0 Å². The lowest BCUT2D eigenvalue weighted by Crippen LogP contribution is -2.36. The summed E-state index contributed by atoms with van der Waals surface area (Å²) in [6.45, 7) is 5.46. The van der Waals surface area contributed by atoms with Crippen molar-refractivity contribution in [3.8, 4) is 11.3 Å². The summed E-state index contributed by atoms with van der Waals surface area (Å²) in [7, 11) is 0. The van der Waals surface area contributed by atoms with Crippen LogP contribution in [0.25, 0.3) is 11.3 Å². The van der Waals surface area contributed by atoms with Crippen molar-refractivity contribution >= 4 is 5.69 Å². The molecule has 3 atom stereocenters. The van der Waals surface area contributed by atoms with Gasteiger partial charge in [-0.05, 0) is 73.9 Å². The number of anilines is 1. The Bertz CT molecular complexity index is 606. The van der Waals surface area contributed by atoms with E-state index >= 15 is 0 Å². The third-order valence-electron chi connectivity index (χ3n) is 4.96. The van der Waals surface area contributed by atoms with Gasteiger partial charge >= 0.3 is 0 Å². The van der Waals surface area contributed by atoms with E-state index in [0.717, 1.165) is 30.2 Å². The fourth-order valence-electron chi connectivity index (χ4n) is 3.43. The minimum atomic E-state index is 0.394. The van der Waals surface area contributed by atoms with E-state index in [4.69, 9.17) is 10.2 Å². The van der Waals surface area contributed by atoms with Crippen LogP contribution in [-0.4, -0.2) is 12.6 Å². The van der Waals surface area contributed by atoms with Crippen LogP contribution < -0.4 is 11.1 Å². The Morgan fingerprint density at radius 2 is 2.14 bits per heavy atom. The van der Waals surface area contributed by atoms with E-state index in [1.54, 1.807) is 6.26 Å². The van der Waals surface area contributed by atoms with Crippen LogP contribution in [0.2, 0.25) is 0 Å². The topological polar surface area (TPSA) is 51.2 Å². The van der Waals surface area contributed by atoms with Crippen molar-refractivity contribution in [2.75, 3.05) is 11.9 Å². The zero-order chi connectivity index (χ0) is 15.5. The molecule has 22 heavy (non-hydrogen) atoms. The van der Waals surface area contributed by atoms with Gasteiger partial charge in [0.05, 0.1) is 6.26 Å². The molecule has 1 aliphatic carbocycles. The first-order valence-electron chi connectivity index (χ1n) is 8.27. The number of furan rings is 1. The summed E-state index contributed by atoms with van der Waals surface area (Å²) in [6, 6.07) is 10.8. The van der Waals surface area contributed by atoms with E-state index in [-0.39, 0.29) is 0 Å². The standard InChI is InChI=1S/C19H26N2O/c1-13-10-15(5-7-17(13)20)12-21-18-8-6-16(11-14(18)2)19-4-3-9-22-19/h3-4,6,8-9,11,13,15,17,21H,5,7,10,12,20H2,1-2H3/t13?,15-,17-/m1/s1. The van der Waals surface area contributed by atoms with Gasteiger partial charge in [-0.2, -0.15) is 0 Å². The second-order valence-electron chi connectivity index (χ2n) is 6.71. The lowest BCUT2D eigenvalue weighted by atomic mass is 9.79. The van der Waals surface area contributed by atoms with Gasteiger partial charge in [0.25, 0.3) is 0 Å². The van der Waals surface area contributed by atoms with Crippen LogP contribution in [0.5, 0.6) is 0 Å². The molecule has 1 fully saturated rings. The normalized spacial score (nSPS) is 25.1. The highest BCUT2D eigenvalue weighted by molar-refractivity contribution is 5.64. The molecule has 0 bridgehead atoms. The SMILES string of the molecule is Cc1cc(-c2ccco2)ccc1NC[C@@H]1CC[C@@H](N)C(C)C1. The molecule has 1 aromatic carbocycles. The molecule has 2 aromatic rings. The van der Waals surface area contributed by atoms with Gasteiger partial charge in [0.2, 0.25) is 0 Å². The minimum Gasteiger partial charge on any atom is -0.464 e. The molecule has 118 valence electrons. The molecule has 1 unspecified atom stereocenters. The Balaban J connectivity index is 1.61. The quantitative estimate of drug-likeness (QED) is 0.878. The van der Waals surface area contributed by atoms with Crippen LogP contribution in [-0.2, 0) is 0 Å². The largest absolute Gasteiger partial charge is 0.464 e. The first kappa shape index (κ1) is 15.2. The molecule has 3 rings (SSSR count). The van der Waals surface area contributed by atoms with Gasteiger partial charge in [-0.15, -0.1) is 0 Å². The smallest absolute Gasteiger partial charge is 0.133 e. The van der Waals surface area contributed by atoms with Gasteiger partial charge in [-0.1, -0.05) is 6.92 Å². The van der Waals surface area contributed by atoms with E-state index in [9.17, 15) is 0 Å². The summed E-state index contributed by atoms with van der Waals surface area (Å²) in [5.41, 5.74) is 9.71. The van der Waals surface area contributed by atoms with Crippen LogP contribution in [0.4, 0.5) is 5.69 Å². The third kappa shape index (κ3) is 3.36. The van der Waals surface area contributed by atoms with Gasteiger partial charge in [-0.3, -0.25) is 0 Å². The second-order valence-corrected chi connectivity index (χ2v) is 6.71. The summed E-state index contributed by atoms with van der Waals surface area (Å²) in [5.74, 6) is 2.30. The Hall–Kier alpha value is -1.74. The summed E-state index contributed by atoms with van der Waals surface area (Å²) >= 11 is 0. The molecule has 3 nitrogen and oxygen atoms in total. The predicted molar refractivity (Wildman–Crippen MR) is 91.9 cm³/mol. The summed E-state index contributed by atoms with van der Waals surface area (Å²) in [4.78, 5) is 0. The lowest BCUT2D eigenvalue weighted by molar-refractivity contribution is 0.257. The van der Waals surface area contributed by atoms with Crippen molar-refractivity contribution in [2.45, 2.75) is 39.2 Å². The highest BCUT2D eigenvalue weighted by atomic mass is 16.3. The average molecular weight is 298 g/mol. The lowest BCUT2D eigenvalue weighted by Gasteiger charge is -2.32. The van der Waals surface area contributed by atoms with E-state index in [1.807, 2.05) is 12.1 Å². The molecular formula is C19H26N2O. The zero-order valence-electron chi connectivity index (χ0n) is 13.5. The molecule has 0 aliphatic heterocycles. The first-order chi connectivity index (χ1) is 10.6. The zero-order valence-corrected chi connectivity index (χ0v) is 13.5. The Morgan fingerprint density at radius 1 is 1.27 bits per heavy atom. The summed E-state index contributed by atoms with van der Waals surface area (Å²) < 4.78 is 5.46. The van der Waals surface area contributed by atoms with Gasteiger partial charge in [0, 0.05) is 23.8 Å². The third-order valence-corrected chi connectivity index (χ3v) is 4.96. The fourth-order valence-corrected chi connectivity index (χ4v) is 3.43. The second kappa shape index (κ2) is 6.57. The van der Waals surface area contributed by atoms with E-state index < -0.39 is 0 Å². The van der Waals surface area contributed by atoms with Gasteiger partial charge in [0.1, 0.15) is 5.76 Å². The van der Waals surface area contributed by atoms with Crippen LogP contribution in [0.1, 0.15) is 31.7 Å². The van der Waals surface area contributed by atoms with Crippen molar-refractivity contribution in [1.29, 1.82) is 0 Å². The Labute approximate surface area is 132 Å². The van der Waals surface area contributed by atoms with Crippen LogP contribution in [0.15, 0.2) is 41.0 Å². The van der Waals surface area contributed by atoms with Crippen LogP contribution >= 0.6 is 0 Å². The molecular weight excluding hydrogens is 272 g/mol. The number of nitrogens with two attached hydrogens (primary N) is 1. The highest BCUT2D eigenvalue weighted by Crippen LogP contribution is 2.29. The molecule has 3 N–H and O–H groups in total. The molecule has 1 aromatic heterocycles. The molecule has 0 saturated heterocycles. The molecule has 0 amide bonds. The first-order valence-corrected chi connectivity index (χ1v) is 8.27. The summed E-state index contributed by atoms with van der Waals surface area (Å²) in [6.07, 6.45) is 5.34. The fraction of sp³-hybridized carbons (Fsp3) is 0.474. The van der Waals surface area contributed by atoms with Crippen molar-refractivity contribution in [2.24, 2.45) is 17.6 Å². The van der Waals surface area contributed by atoms with Crippen LogP contribution in [0, 0.1) is 18.8 Å². The molecule has 0 spiro atoms. The highest BCUT2D eigenvalue weighted by Gasteiger charge is 2.24. The molecule has 1 heterocycles. The Morgan fingerprint density at radius 3 is 2.82 bits per heavy atom. The number of benzene rings is 1. The number of nitrogens with one attached hydrogen (secondary N) is 1. The van der Waals surface area contributed by atoms with Gasteiger partial charge < -0.3 is 15.5 Å². The van der Waals surface area contributed by atoms with E-state index in [2.05, 4.69) is 37.4 Å². The van der Waals surface area contributed by atoms with E-state index in [1.165, 1.54) is 24.1 Å². The van der Waals surface area contributed by atoms with Crippen molar-refractivity contribution < 1.29 is 4.42 Å². The average Bonchev–Trinajstić information content (AvgIpc) is 3.04. The van der Waals surface area contributed by atoms with Crippen molar-refractivity contribution in [1.82, 2.24) is 0 Å². The number of hydrogen-bond acceptors (Lipinski definition) is 3. The Kier molecular flexibility index (Phi) is 4.53. The number of rotatable bonds is 4. The number of hydrogen-bond donors (Lipinski definition) is 2. The minimum absolute atomic E-state index is 0.394. The van der Waals surface area contributed by atoms with E-state index in [0.29, 0.717) is 12.0 Å². The monoisotopic (exact) mass is 298 g/mol. The maximum absolute atomic E-state index is 6.11. The molecule has 0 radical (unpaired) electrons. The number of aryl methyl sites for hydroxylation is 1. The summed E-state index contributed by atoms with van der Waals surface area (Å²) in [5, 5.41) is 3.62. The maximum Gasteiger partial charge on any atom is 0.133 e. The maximum atomic E-state index is 6.11. The van der Waals surface area contributed by atoms with Crippen LogP contribution in [0.3, 0.4) is 0 Å². The predicted octanol–water partition coefficient (Wildman–Crippen LogP) is 4.43. The molecule has 3 heteroatoms. The molecule has 1 saturated carbocycles. The van der Waals surface area contributed by atoms with Crippen molar-refractivity contribution in [3.05, 3.63) is 42.2 Å². The van der Waals surface area contributed by atoms with Crippen molar-refractivity contribution in [3.63, 3.8) is 0 Å². The molecule has 1 aliphatic rings. The van der Waals surface area contributed by atoms with Gasteiger partial charge in [0.15, 0.2) is 0 Å².